The Labute approximate surface area is 86.9 Å². The first-order chi connectivity index (χ1) is 6.27. The van der Waals surface area contributed by atoms with Crippen molar-refractivity contribution >= 4 is 5.91 Å². The van der Waals surface area contributed by atoms with Gasteiger partial charge in [-0.3, -0.25) is 4.79 Å². The summed E-state index contributed by atoms with van der Waals surface area (Å²) in [7, 11) is 0. The van der Waals surface area contributed by atoms with E-state index in [0.29, 0.717) is 12.3 Å². The van der Waals surface area contributed by atoms with Gasteiger partial charge < -0.3 is 10.4 Å². The van der Waals surface area contributed by atoms with Gasteiger partial charge in [0.2, 0.25) is 5.91 Å². The summed E-state index contributed by atoms with van der Waals surface area (Å²) in [5, 5.41) is 11.5. The number of hydrogen-bond acceptors (Lipinski definition) is 2. The summed E-state index contributed by atoms with van der Waals surface area (Å²) in [4.78, 5) is 11.4. The Balaban J connectivity index is 3.95. The molecule has 3 nitrogen and oxygen atoms in total. The van der Waals surface area contributed by atoms with Crippen molar-refractivity contribution in [3.05, 3.63) is 0 Å². The first-order valence-electron chi connectivity index (χ1n) is 5.17. The molecule has 0 spiro atoms. The van der Waals surface area contributed by atoms with Crippen LogP contribution in [0.3, 0.4) is 0 Å². The zero-order valence-corrected chi connectivity index (χ0v) is 9.92. The minimum Gasteiger partial charge on any atom is -0.394 e. The summed E-state index contributed by atoms with van der Waals surface area (Å²) < 4.78 is 0. The standard InChI is InChI=1S/C11H23NO2/c1-8(11(3,4)5)6-10(14)12-9(2)7-13/h8-9,13H,6-7H2,1-5H3,(H,12,14). The van der Waals surface area contributed by atoms with Gasteiger partial charge in [0.05, 0.1) is 6.61 Å². The maximum atomic E-state index is 11.4. The fraction of sp³-hybridized carbons (Fsp3) is 0.909. The zero-order chi connectivity index (χ0) is 11.4. The van der Waals surface area contributed by atoms with Gasteiger partial charge in [0, 0.05) is 12.5 Å². The number of hydrogen-bond donors (Lipinski definition) is 2. The summed E-state index contributed by atoms with van der Waals surface area (Å²) in [6.45, 7) is 10.2. The first kappa shape index (κ1) is 13.4. The van der Waals surface area contributed by atoms with Crippen LogP contribution in [0.5, 0.6) is 0 Å². The molecule has 0 radical (unpaired) electrons. The van der Waals surface area contributed by atoms with Gasteiger partial charge in [-0.25, -0.2) is 0 Å². The number of carbonyl (C=O) groups excluding carboxylic acids is 1. The van der Waals surface area contributed by atoms with Crippen molar-refractivity contribution in [1.82, 2.24) is 5.32 Å². The molecule has 0 bridgehead atoms. The Hall–Kier alpha value is -0.570. The highest BCUT2D eigenvalue weighted by atomic mass is 16.3. The highest BCUT2D eigenvalue weighted by Gasteiger charge is 2.22. The second kappa shape index (κ2) is 5.35. The molecule has 2 unspecified atom stereocenters. The minimum absolute atomic E-state index is 0.00433. The number of nitrogens with one attached hydrogen (secondary N) is 1. The van der Waals surface area contributed by atoms with E-state index in [4.69, 9.17) is 5.11 Å². The molecular weight excluding hydrogens is 178 g/mol. The summed E-state index contributed by atoms with van der Waals surface area (Å²) >= 11 is 0. The highest BCUT2D eigenvalue weighted by molar-refractivity contribution is 5.76. The van der Waals surface area contributed by atoms with E-state index in [1.165, 1.54) is 0 Å². The number of carbonyl (C=O) groups is 1. The maximum absolute atomic E-state index is 11.4. The van der Waals surface area contributed by atoms with Crippen LogP contribution in [0.4, 0.5) is 0 Å². The Kier molecular flexibility index (Phi) is 5.13. The van der Waals surface area contributed by atoms with Gasteiger partial charge in [-0.15, -0.1) is 0 Å². The molecule has 0 aromatic heterocycles. The molecule has 84 valence electrons. The van der Waals surface area contributed by atoms with Gasteiger partial charge >= 0.3 is 0 Å². The summed E-state index contributed by atoms with van der Waals surface area (Å²) in [5.74, 6) is 0.363. The molecule has 0 saturated carbocycles. The predicted octanol–water partition coefficient (Wildman–Crippen LogP) is 1.56. The van der Waals surface area contributed by atoms with Gasteiger partial charge in [0.1, 0.15) is 0 Å². The van der Waals surface area contributed by atoms with Gasteiger partial charge in [-0.05, 0) is 18.3 Å². The van der Waals surface area contributed by atoms with Gasteiger partial charge in [-0.1, -0.05) is 27.7 Å². The largest absolute Gasteiger partial charge is 0.394 e. The van der Waals surface area contributed by atoms with Crippen molar-refractivity contribution in [2.24, 2.45) is 11.3 Å². The average Bonchev–Trinajstić information content (AvgIpc) is 2.02. The number of aliphatic hydroxyl groups is 1. The molecule has 1 amide bonds. The quantitative estimate of drug-likeness (QED) is 0.725. The minimum atomic E-state index is -0.144. The van der Waals surface area contributed by atoms with Crippen LogP contribution in [0, 0.1) is 11.3 Å². The molecule has 0 aliphatic rings. The molecule has 0 fully saturated rings. The van der Waals surface area contributed by atoms with E-state index in [1.54, 1.807) is 6.92 Å². The van der Waals surface area contributed by atoms with Crippen molar-refractivity contribution in [3.63, 3.8) is 0 Å². The van der Waals surface area contributed by atoms with E-state index >= 15 is 0 Å². The molecule has 3 heteroatoms. The maximum Gasteiger partial charge on any atom is 0.220 e. The van der Waals surface area contributed by atoms with Crippen LogP contribution < -0.4 is 5.32 Å². The van der Waals surface area contributed by atoms with E-state index in [-0.39, 0.29) is 24.0 Å². The van der Waals surface area contributed by atoms with Crippen molar-refractivity contribution in [2.45, 2.75) is 47.1 Å². The van der Waals surface area contributed by atoms with Gasteiger partial charge in [0.25, 0.3) is 0 Å². The van der Waals surface area contributed by atoms with Crippen LogP contribution in [0.2, 0.25) is 0 Å². The number of rotatable bonds is 4. The monoisotopic (exact) mass is 201 g/mol. The molecule has 0 aliphatic carbocycles. The van der Waals surface area contributed by atoms with Crippen molar-refractivity contribution < 1.29 is 9.90 Å². The fourth-order valence-corrected chi connectivity index (χ4v) is 0.964. The first-order valence-corrected chi connectivity index (χ1v) is 5.17. The van der Waals surface area contributed by atoms with E-state index in [1.807, 2.05) is 0 Å². The van der Waals surface area contributed by atoms with E-state index in [9.17, 15) is 4.79 Å². The third-order valence-electron chi connectivity index (χ3n) is 2.65. The van der Waals surface area contributed by atoms with Crippen LogP contribution in [0.15, 0.2) is 0 Å². The molecule has 0 rings (SSSR count). The van der Waals surface area contributed by atoms with Crippen LogP contribution in [-0.2, 0) is 4.79 Å². The van der Waals surface area contributed by atoms with Crippen LogP contribution in [0.1, 0.15) is 41.0 Å². The third-order valence-corrected chi connectivity index (χ3v) is 2.65. The lowest BCUT2D eigenvalue weighted by molar-refractivity contribution is -0.123. The Morgan fingerprint density at radius 1 is 1.36 bits per heavy atom. The van der Waals surface area contributed by atoms with Crippen LogP contribution in [0.25, 0.3) is 0 Å². The molecule has 0 aromatic rings. The lowest BCUT2D eigenvalue weighted by Crippen LogP contribution is -2.37. The molecule has 2 atom stereocenters. The molecular formula is C11H23NO2. The number of amides is 1. The molecule has 14 heavy (non-hydrogen) atoms. The van der Waals surface area contributed by atoms with E-state index in [0.717, 1.165) is 0 Å². The summed E-state index contributed by atoms with van der Waals surface area (Å²) in [5.41, 5.74) is 0.153. The lowest BCUT2D eigenvalue weighted by atomic mass is 9.80. The third kappa shape index (κ3) is 5.22. The molecule has 0 aliphatic heterocycles. The predicted molar refractivity (Wildman–Crippen MR) is 57.9 cm³/mol. The summed E-state index contributed by atoms with van der Waals surface area (Å²) in [6.07, 6.45) is 0.522. The topological polar surface area (TPSA) is 49.3 Å². The Bertz CT molecular complexity index is 184. The fourth-order valence-electron chi connectivity index (χ4n) is 0.964. The lowest BCUT2D eigenvalue weighted by Gasteiger charge is -2.27. The van der Waals surface area contributed by atoms with E-state index in [2.05, 4.69) is 33.0 Å². The normalized spacial score (nSPS) is 16.1. The van der Waals surface area contributed by atoms with E-state index < -0.39 is 0 Å². The highest BCUT2D eigenvalue weighted by Crippen LogP contribution is 2.27. The summed E-state index contributed by atoms with van der Waals surface area (Å²) in [6, 6.07) is -0.144. The zero-order valence-electron chi connectivity index (χ0n) is 9.92. The SMILES string of the molecule is CC(CO)NC(=O)CC(C)C(C)(C)C. The Morgan fingerprint density at radius 3 is 2.21 bits per heavy atom. The second-order valence-electron chi connectivity index (χ2n) is 5.12. The number of aliphatic hydroxyl groups excluding tert-OH is 1. The van der Waals surface area contributed by atoms with Crippen LogP contribution >= 0.6 is 0 Å². The average molecular weight is 201 g/mol. The molecule has 0 aromatic carbocycles. The molecule has 0 saturated heterocycles. The van der Waals surface area contributed by atoms with Gasteiger partial charge in [-0.2, -0.15) is 0 Å². The molecule has 0 heterocycles. The molecule has 2 N–H and O–H groups in total. The van der Waals surface area contributed by atoms with Crippen molar-refractivity contribution in [2.75, 3.05) is 6.61 Å². The smallest absolute Gasteiger partial charge is 0.220 e. The van der Waals surface area contributed by atoms with Crippen LogP contribution in [-0.4, -0.2) is 23.7 Å². The van der Waals surface area contributed by atoms with Crippen molar-refractivity contribution in [3.8, 4) is 0 Å². The second-order valence-corrected chi connectivity index (χ2v) is 5.12. The van der Waals surface area contributed by atoms with Crippen molar-refractivity contribution in [1.29, 1.82) is 0 Å². The van der Waals surface area contributed by atoms with Gasteiger partial charge in [0.15, 0.2) is 0 Å². The Morgan fingerprint density at radius 2 is 1.86 bits per heavy atom.